The molecule has 0 radical (unpaired) electrons. The Hall–Kier alpha value is -2.88. The van der Waals surface area contributed by atoms with Crippen LogP contribution >= 0.6 is 0 Å². The van der Waals surface area contributed by atoms with Crippen molar-refractivity contribution in [3.05, 3.63) is 63.7 Å². The molecule has 3 rings (SSSR count). The van der Waals surface area contributed by atoms with Crippen molar-refractivity contribution >= 4 is 27.2 Å². The van der Waals surface area contributed by atoms with Crippen LogP contribution in [0.1, 0.15) is 21.6 Å². The number of halogens is 3. The number of carbonyl (C=O) groups is 1. The summed E-state index contributed by atoms with van der Waals surface area (Å²) in [6.07, 6.45) is -4.31. The summed E-state index contributed by atoms with van der Waals surface area (Å²) in [5.41, 5.74) is -2.88. The molecule has 0 amide bonds. The summed E-state index contributed by atoms with van der Waals surface area (Å²) in [4.78, 5) is 25.1. The van der Waals surface area contributed by atoms with E-state index < -0.39 is 43.9 Å². The molecule has 3 aromatic rings. The minimum Gasteiger partial charge on any atom is -0.327 e. The van der Waals surface area contributed by atoms with Crippen LogP contribution in [0.4, 0.5) is 13.2 Å². The number of carbonyl (C=O) groups excluding carboxylic acids is 1. The minimum absolute atomic E-state index is 0.0886. The molecule has 0 aliphatic carbocycles. The molecule has 0 aliphatic heterocycles. The van der Waals surface area contributed by atoms with Gasteiger partial charge in [-0.15, -0.1) is 0 Å². The lowest BCUT2D eigenvalue weighted by atomic mass is 10.2. The van der Waals surface area contributed by atoms with E-state index in [1.165, 1.54) is 24.3 Å². The number of fused-ring (bicyclic) bond motifs is 1. The largest absolute Gasteiger partial charge is 0.418 e. The molecule has 0 saturated carbocycles. The number of aryl methyl sites for hydroxylation is 1. The van der Waals surface area contributed by atoms with Crippen LogP contribution in [0.2, 0.25) is 0 Å². The van der Waals surface area contributed by atoms with Gasteiger partial charge in [0.25, 0.3) is 15.6 Å². The smallest absolute Gasteiger partial charge is 0.327 e. The van der Waals surface area contributed by atoms with Gasteiger partial charge in [-0.1, -0.05) is 17.7 Å². The van der Waals surface area contributed by atoms with Gasteiger partial charge in [0.15, 0.2) is 6.29 Å². The molecule has 1 aromatic carbocycles. The molecule has 0 bridgehead atoms. The number of alkyl halides is 3. The highest BCUT2D eigenvalue weighted by molar-refractivity contribution is 7.90. The lowest BCUT2D eigenvalue weighted by Crippen LogP contribution is -2.21. The third kappa shape index (κ3) is 2.71. The molecule has 2 aromatic heterocycles. The van der Waals surface area contributed by atoms with E-state index in [1.807, 2.05) is 4.98 Å². The standard InChI is InChI=1S/C16H11F3N2O4S/c1-9-2-4-11(5-3-9)26(24,25)21-10(8-22)6-12-13(16(17,18)19)7-20-15(23)14(12)21/h2-8H,1H3,(H,20,23). The van der Waals surface area contributed by atoms with E-state index in [4.69, 9.17) is 0 Å². The lowest BCUT2D eigenvalue weighted by Gasteiger charge is -2.11. The van der Waals surface area contributed by atoms with Gasteiger partial charge >= 0.3 is 6.18 Å². The fourth-order valence-corrected chi connectivity index (χ4v) is 4.09. The van der Waals surface area contributed by atoms with Crippen LogP contribution in [0.3, 0.4) is 0 Å². The first-order chi connectivity index (χ1) is 12.1. The first kappa shape index (κ1) is 17.9. The molecule has 0 aliphatic rings. The molecule has 26 heavy (non-hydrogen) atoms. The van der Waals surface area contributed by atoms with Gasteiger partial charge in [0, 0.05) is 11.6 Å². The maximum Gasteiger partial charge on any atom is 0.418 e. The Kier molecular flexibility index (Phi) is 4.02. The number of H-pyrrole nitrogens is 1. The van der Waals surface area contributed by atoms with E-state index in [2.05, 4.69) is 0 Å². The molecule has 1 N–H and O–H groups in total. The quantitative estimate of drug-likeness (QED) is 0.703. The summed E-state index contributed by atoms with van der Waals surface area (Å²) in [6, 6.07) is 6.21. The summed E-state index contributed by atoms with van der Waals surface area (Å²) in [7, 11) is -4.47. The normalized spacial score (nSPS) is 12.5. The monoisotopic (exact) mass is 384 g/mol. The van der Waals surface area contributed by atoms with Gasteiger partial charge in [-0.25, -0.2) is 12.4 Å². The van der Waals surface area contributed by atoms with Crippen molar-refractivity contribution in [2.75, 3.05) is 0 Å². The van der Waals surface area contributed by atoms with Gasteiger partial charge in [0.2, 0.25) is 0 Å². The lowest BCUT2D eigenvalue weighted by molar-refractivity contribution is -0.136. The third-order valence-electron chi connectivity index (χ3n) is 3.82. The van der Waals surface area contributed by atoms with Crippen LogP contribution in [0.5, 0.6) is 0 Å². The second kappa shape index (κ2) is 5.84. The molecule has 0 fully saturated rings. The number of aromatic amines is 1. The van der Waals surface area contributed by atoms with E-state index in [-0.39, 0.29) is 11.2 Å². The molecule has 0 spiro atoms. The predicted octanol–water partition coefficient (Wildman–Crippen LogP) is 2.71. The Morgan fingerprint density at radius 1 is 1.15 bits per heavy atom. The van der Waals surface area contributed by atoms with Crippen LogP contribution in [0.15, 0.2) is 46.2 Å². The average molecular weight is 384 g/mol. The summed E-state index contributed by atoms with van der Waals surface area (Å²) in [5, 5.41) is -0.668. The number of aromatic nitrogens is 2. The average Bonchev–Trinajstić information content (AvgIpc) is 2.95. The van der Waals surface area contributed by atoms with Crippen molar-refractivity contribution in [3.8, 4) is 0 Å². The van der Waals surface area contributed by atoms with E-state index in [1.54, 1.807) is 6.92 Å². The van der Waals surface area contributed by atoms with E-state index in [9.17, 15) is 31.2 Å². The zero-order valence-corrected chi connectivity index (χ0v) is 14.0. The Morgan fingerprint density at radius 3 is 2.31 bits per heavy atom. The van der Waals surface area contributed by atoms with Gasteiger partial charge in [-0.2, -0.15) is 13.2 Å². The number of hydrogen-bond acceptors (Lipinski definition) is 4. The highest BCUT2D eigenvalue weighted by atomic mass is 32.2. The number of rotatable bonds is 3. The van der Waals surface area contributed by atoms with Gasteiger partial charge in [0.05, 0.1) is 16.2 Å². The first-order valence-corrected chi connectivity index (χ1v) is 8.63. The van der Waals surface area contributed by atoms with Crippen molar-refractivity contribution in [2.45, 2.75) is 18.0 Å². The molecule has 6 nitrogen and oxygen atoms in total. The summed E-state index contributed by atoms with van der Waals surface area (Å²) in [6.45, 7) is 1.72. The fourth-order valence-electron chi connectivity index (χ4n) is 2.61. The molecule has 136 valence electrons. The van der Waals surface area contributed by atoms with Crippen molar-refractivity contribution in [1.29, 1.82) is 0 Å². The van der Waals surface area contributed by atoms with Crippen molar-refractivity contribution in [1.82, 2.24) is 8.96 Å². The van der Waals surface area contributed by atoms with Gasteiger partial charge in [0.1, 0.15) is 5.52 Å². The van der Waals surface area contributed by atoms with Crippen LogP contribution in [0.25, 0.3) is 10.9 Å². The minimum atomic E-state index is -4.84. The fraction of sp³-hybridized carbons (Fsp3) is 0.125. The topological polar surface area (TPSA) is 89.0 Å². The first-order valence-electron chi connectivity index (χ1n) is 7.19. The zero-order valence-electron chi connectivity index (χ0n) is 13.2. The number of benzene rings is 1. The Balaban J connectivity index is 2.45. The Bertz CT molecular complexity index is 1170. The number of pyridine rings is 1. The maximum atomic E-state index is 13.2. The van der Waals surface area contributed by atoms with Crippen molar-refractivity contribution in [3.63, 3.8) is 0 Å². The van der Waals surface area contributed by atoms with Crippen LogP contribution < -0.4 is 5.56 Å². The summed E-state index contributed by atoms with van der Waals surface area (Å²) < 4.78 is 65.7. The van der Waals surface area contributed by atoms with Crippen molar-refractivity contribution < 1.29 is 26.4 Å². The third-order valence-corrected chi connectivity index (χ3v) is 5.57. The van der Waals surface area contributed by atoms with Crippen molar-refractivity contribution in [2.24, 2.45) is 0 Å². The highest BCUT2D eigenvalue weighted by Gasteiger charge is 2.36. The van der Waals surface area contributed by atoms with Gasteiger partial charge in [-0.05, 0) is 25.1 Å². The molecule has 0 atom stereocenters. The predicted molar refractivity (Wildman–Crippen MR) is 86.7 cm³/mol. The summed E-state index contributed by atoms with van der Waals surface area (Å²) >= 11 is 0. The Labute approximate surface area is 144 Å². The van der Waals surface area contributed by atoms with Gasteiger partial charge in [-0.3, -0.25) is 9.59 Å². The number of aldehydes is 1. The number of hydrogen-bond donors (Lipinski definition) is 1. The second-order valence-corrected chi connectivity index (χ2v) is 7.35. The van der Waals surface area contributed by atoms with Crippen LogP contribution in [0, 0.1) is 6.92 Å². The maximum absolute atomic E-state index is 13.2. The number of nitrogens with one attached hydrogen (secondary N) is 1. The molecular formula is C16H11F3N2O4S. The van der Waals surface area contributed by atoms with E-state index >= 15 is 0 Å². The second-order valence-electron chi connectivity index (χ2n) is 5.56. The zero-order chi connectivity index (χ0) is 19.3. The summed E-state index contributed by atoms with van der Waals surface area (Å²) in [5.74, 6) is 0. The molecule has 2 heterocycles. The number of nitrogens with zero attached hydrogens (tertiary/aromatic N) is 1. The Morgan fingerprint density at radius 2 is 1.77 bits per heavy atom. The molecule has 0 saturated heterocycles. The van der Waals surface area contributed by atoms with Crippen LogP contribution in [-0.4, -0.2) is 23.7 Å². The van der Waals surface area contributed by atoms with E-state index in [0.29, 0.717) is 10.2 Å². The molecule has 0 unspecified atom stereocenters. The SMILES string of the molecule is Cc1ccc(S(=O)(=O)n2c(C=O)cc3c(C(F)(F)F)c[nH]c(=O)c32)cc1. The highest BCUT2D eigenvalue weighted by Crippen LogP contribution is 2.35. The molecular weight excluding hydrogens is 373 g/mol. The van der Waals surface area contributed by atoms with Crippen LogP contribution in [-0.2, 0) is 16.2 Å². The van der Waals surface area contributed by atoms with E-state index in [0.717, 1.165) is 11.6 Å². The van der Waals surface area contributed by atoms with Gasteiger partial charge < -0.3 is 4.98 Å². The molecule has 10 heteroatoms.